The quantitative estimate of drug-likeness (QED) is 0.633. The molecular formula is C16H25N2O3+. The third-order valence-electron chi connectivity index (χ3n) is 3.60. The molecule has 1 heterocycles. The monoisotopic (exact) mass is 293 g/mol. The average molecular weight is 293 g/mol. The maximum absolute atomic E-state index is 9.89. The van der Waals surface area contributed by atoms with Crippen molar-refractivity contribution in [2.75, 3.05) is 26.7 Å². The summed E-state index contributed by atoms with van der Waals surface area (Å²) in [6.07, 6.45) is 3.60. The van der Waals surface area contributed by atoms with Gasteiger partial charge in [-0.2, -0.15) is 0 Å². The number of nitrogens with zero attached hydrogens (tertiary/aromatic N) is 1. The van der Waals surface area contributed by atoms with E-state index in [9.17, 15) is 5.11 Å². The lowest BCUT2D eigenvalue weighted by atomic mass is 10.1. The van der Waals surface area contributed by atoms with Gasteiger partial charge in [-0.25, -0.2) is 0 Å². The summed E-state index contributed by atoms with van der Waals surface area (Å²) in [7, 11) is 1.61. The van der Waals surface area contributed by atoms with Crippen molar-refractivity contribution < 1.29 is 19.6 Å². The maximum Gasteiger partial charge on any atom is 0.551 e. The van der Waals surface area contributed by atoms with Gasteiger partial charge in [0.05, 0.1) is 13.2 Å². The fourth-order valence-corrected chi connectivity index (χ4v) is 2.59. The summed E-state index contributed by atoms with van der Waals surface area (Å²) in [6.45, 7) is 5.05. The normalized spacial score (nSPS) is 18.3. The Labute approximate surface area is 126 Å². The lowest BCUT2D eigenvalue weighted by Crippen LogP contribution is -2.67. The zero-order valence-corrected chi connectivity index (χ0v) is 12.8. The van der Waals surface area contributed by atoms with Crippen LogP contribution in [0.2, 0.25) is 0 Å². The Hall–Kier alpha value is -1.75. The molecule has 0 amide bonds. The molecule has 0 unspecified atom stereocenters. The summed E-state index contributed by atoms with van der Waals surface area (Å²) in [5, 5.41) is 9.89. The molecule has 1 aromatic carbocycles. The van der Waals surface area contributed by atoms with Crippen molar-refractivity contribution in [3.8, 4) is 5.75 Å². The first-order chi connectivity index (χ1) is 10.2. The standard InChI is InChI=1S/C16H24N2O3/c1-13(12-18-9-4-3-5-10-18)21-16(19)17-14-7-6-8-15(11-14)20-2/h6-8,11,13H,3-5,9-10,12H2,1-2H3,(H,17,19)/p+1/t13-/m0/s1. The average Bonchev–Trinajstić information content (AvgIpc) is 2.48. The SMILES string of the molecule is COc1cccc([NH+]=C(O)O[C@@H](C)CN2CCCCC2)c1. The van der Waals surface area contributed by atoms with E-state index in [2.05, 4.69) is 9.89 Å². The van der Waals surface area contributed by atoms with Gasteiger partial charge in [0.2, 0.25) is 5.69 Å². The van der Waals surface area contributed by atoms with Crippen LogP contribution in [0.25, 0.3) is 0 Å². The minimum atomic E-state index is -0.173. The van der Waals surface area contributed by atoms with E-state index in [0.717, 1.165) is 31.1 Å². The van der Waals surface area contributed by atoms with Gasteiger partial charge >= 0.3 is 6.08 Å². The second kappa shape index (κ2) is 7.88. The van der Waals surface area contributed by atoms with Crippen molar-refractivity contribution in [1.29, 1.82) is 0 Å². The van der Waals surface area contributed by atoms with Crippen molar-refractivity contribution in [3.05, 3.63) is 24.3 Å². The van der Waals surface area contributed by atoms with Crippen LogP contribution in [0.1, 0.15) is 26.2 Å². The zero-order chi connectivity index (χ0) is 15.1. The number of benzene rings is 1. The van der Waals surface area contributed by atoms with Crippen LogP contribution in [0.5, 0.6) is 5.75 Å². The molecule has 1 aliphatic rings. The molecule has 1 fully saturated rings. The molecule has 2 rings (SSSR count). The van der Waals surface area contributed by atoms with Crippen LogP contribution in [0.4, 0.5) is 5.69 Å². The van der Waals surface area contributed by atoms with E-state index in [1.807, 2.05) is 25.1 Å². The number of aliphatic hydroxyl groups is 1. The molecule has 1 aliphatic heterocycles. The van der Waals surface area contributed by atoms with Crippen LogP contribution in [0.3, 0.4) is 0 Å². The Kier molecular flexibility index (Phi) is 5.87. The molecule has 0 radical (unpaired) electrons. The van der Waals surface area contributed by atoms with E-state index in [-0.39, 0.29) is 12.2 Å². The summed E-state index contributed by atoms with van der Waals surface area (Å²) < 4.78 is 10.6. The van der Waals surface area contributed by atoms with Gasteiger partial charge in [0, 0.05) is 12.6 Å². The predicted molar refractivity (Wildman–Crippen MR) is 82.1 cm³/mol. The summed E-state index contributed by atoms with van der Waals surface area (Å²) in [5.41, 5.74) is 0.733. The summed E-state index contributed by atoms with van der Waals surface area (Å²) in [6, 6.07) is 7.35. The van der Waals surface area contributed by atoms with Crippen LogP contribution in [-0.2, 0) is 4.74 Å². The van der Waals surface area contributed by atoms with E-state index in [0.29, 0.717) is 0 Å². The van der Waals surface area contributed by atoms with Gasteiger partial charge in [-0.15, -0.1) is 4.99 Å². The molecule has 116 valence electrons. The first kappa shape index (κ1) is 15.6. The van der Waals surface area contributed by atoms with Gasteiger partial charge in [-0.3, -0.25) is 4.90 Å². The van der Waals surface area contributed by atoms with Crippen LogP contribution < -0.4 is 9.73 Å². The lowest BCUT2D eigenvalue weighted by molar-refractivity contribution is -0.383. The zero-order valence-electron chi connectivity index (χ0n) is 12.8. The van der Waals surface area contributed by atoms with Gasteiger partial charge in [-0.1, -0.05) is 12.5 Å². The number of piperidine rings is 1. The number of likely N-dealkylation sites (tertiary alicyclic amines) is 1. The summed E-state index contributed by atoms with van der Waals surface area (Å²) >= 11 is 0. The van der Waals surface area contributed by atoms with Crippen molar-refractivity contribution in [2.45, 2.75) is 32.3 Å². The molecular weight excluding hydrogens is 268 g/mol. The van der Waals surface area contributed by atoms with Crippen LogP contribution >= 0.6 is 0 Å². The third-order valence-corrected chi connectivity index (χ3v) is 3.60. The van der Waals surface area contributed by atoms with Crippen molar-refractivity contribution in [1.82, 2.24) is 4.90 Å². The van der Waals surface area contributed by atoms with E-state index in [1.165, 1.54) is 19.3 Å². The van der Waals surface area contributed by atoms with Gasteiger partial charge in [-0.05, 0) is 38.9 Å². The number of aliphatic hydroxyl groups excluding tert-OH is 1. The molecule has 1 atom stereocenters. The fourth-order valence-electron chi connectivity index (χ4n) is 2.59. The molecule has 0 bridgehead atoms. The Bertz CT molecular complexity index is 470. The van der Waals surface area contributed by atoms with Gasteiger partial charge in [0.1, 0.15) is 11.9 Å². The van der Waals surface area contributed by atoms with E-state index in [4.69, 9.17) is 9.47 Å². The lowest BCUT2D eigenvalue weighted by Gasteiger charge is -2.28. The highest BCUT2D eigenvalue weighted by atomic mass is 16.6. The second-order valence-corrected chi connectivity index (χ2v) is 5.45. The first-order valence-corrected chi connectivity index (χ1v) is 7.53. The first-order valence-electron chi connectivity index (χ1n) is 7.53. The Balaban J connectivity index is 1.86. The topological polar surface area (TPSA) is 55.9 Å². The number of hydrogen-bond acceptors (Lipinski definition) is 3. The molecule has 1 saturated heterocycles. The predicted octanol–water partition coefficient (Wildman–Crippen LogP) is 1.21. The number of hydrogen-bond donors (Lipinski definition) is 2. The molecule has 0 saturated carbocycles. The smallest absolute Gasteiger partial charge is 0.497 e. The molecule has 0 aromatic heterocycles. The molecule has 0 spiro atoms. The highest BCUT2D eigenvalue weighted by molar-refractivity contribution is 5.59. The van der Waals surface area contributed by atoms with Crippen LogP contribution in [0.15, 0.2) is 24.3 Å². The molecule has 21 heavy (non-hydrogen) atoms. The van der Waals surface area contributed by atoms with Gasteiger partial charge in [0.25, 0.3) is 0 Å². The van der Waals surface area contributed by atoms with Crippen molar-refractivity contribution in [3.63, 3.8) is 0 Å². The molecule has 0 aliphatic carbocycles. The Morgan fingerprint density at radius 2 is 2.10 bits per heavy atom. The molecule has 1 aromatic rings. The summed E-state index contributed by atoms with van der Waals surface area (Å²) in [5.74, 6) is 0.731. The summed E-state index contributed by atoms with van der Waals surface area (Å²) in [4.78, 5) is 5.22. The number of ether oxygens (including phenoxy) is 2. The molecule has 2 N–H and O–H groups in total. The van der Waals surface area contributed by atoms with Crippen molar-refractivity contribution >= 4 is 11.8 Å². The molecule has 5 nitrogen and oxygen atoms in total. The van der Waals surface area contributed by atoms with E-state index >= 15 is 0 Å². The minimum Gasteiger partial charge on any atom is -0.497 e. The number of methoxy groups -OCH3 is 1. The molecule has 5 heteroatoms. The van der Waals surface area contributed by atoms with Crippen LogP contribution in [0, 0.1) is 0 Å². The minimum absolute atomic E-state index is 0.0544. The Morgan fingerprint density at radius 1 is 1.33 bits per heavy atom. The fraction of sp³-hybridized carbons (Fsp3) is 0.562. The largest absolute Gasteiger partial charge is 0.551 e. The van der Waals surface area contributed by atoms with Gasteiger partial charge < -0.3 is 14.6 Å². The third kappa shape index (κ3) is 5.27. The van der Waals surface area contributed by atoms with Crippen molar-refractivity contribution in [2.24, 2.45) is 0 Å². The number of rotatable bonds is 5. The maximum atomic E-state index is 9.89. The second-order valence-electron chi connectivity index (χ2n) is 5.45. The van der Waals surface area contributed by atoms with E-state index in [1.54, 1.807) is 13.2 Å². The van der Waals surface area contributed by atoms with E-state index < -0.39 is 0 Å². The highest BCUT2D eigenvalue weighted by Gasteiger charge is 2.17. The highest BCUT2D eigenvalue weighted by Crippen LogP contribution is 2.12. The van der Waals surface area contributed by atoms with Gasteiger partial charge in [0.15, 0.2) is 0 Å². The number of nitrogens with one attached hydrogen (secondary N) is 1. The van der Waals surface area contributed by atoms with Crippen LogP contribution in [-0.4, -0.2) is 48.9 Å². The Morgan fingerprint density at radius 3 is 2.81 bits per heavy atom.